The molecule has 0 atom stereocenters. The van der Waals surface area contributed by atoms with E-state index in [1.165, 1.54) is 11.8 Å². The topological polar surface area (TPSA) is 73.7 Å². The second-order valence-corrected chi connectivity index (χ2v) is 8.84. The normalized spacial score (nSPS) is 12.7. The highest BCUT2D eigenvalue weighted by molar-refractivity contribution is 7.99. The summed E-state index contributed by atoms with van der Waals surface area (Å²) in [5.74, 6) is 1.68. The monoisotopic (exact) mass is 467 g/mol. The van der Waals surface area contributed by atoms with E-state index in [0.717, 1.165) is 29.9 Å². The fourth-order valence-electron chi connectivity index (χ4n) is 3.77. The van der Waals surface area contributed by atoms with Gasteiger partial charge in [0.2, 0.25) is 5.91 Å². The number of carbonyl (C=O) groups is 1. The molecule has 0 bridgehead atoms. The molecule has 2 heterocycles. The SMILES string of the molecule is CCCCn1c(SCC(=O)N(CC)Cc2ccc3c(c2)OCCO3)nc2ccccc2c1=O. The Hall–Kier alpha value is -3.00. The van der Waals surface area contributed by atoms with E-state index >= 15 is 0 Å². The number of amides is 1. The van der Waals surface area contributed by atoms with Crippen molar-refractivity contribution in [1.82, 2.24) is 14.5 Å². The molecule has 0 saturated carbocycles. The maximum Gasteiger partial charge on any atom is 0.262 e. The lowest BCUT2D eigenvalue weighted by Crippen LogP contribution is -2.32. The summed E-state index contributed by atoms with van der Waals surface area (Å²) in [7, 11) is 0. The third-order valence-electron chi connectivity index (χ3n) is 5.60. The molecule has 4 rings (SSSR count). The summed E-state index contributed by atoms with van der Waals surface area (Å²) < 4.78 is 13.0. The number of para-hydroxylation sites is 1. The number of rotatable bonds is 9. The number of aromatic nitrogens is 2. The molecule has 0 spiro atoms. The largest absolute Gasteiger partial charge is 0.486 e. The van der Waals surface area contributed by atoms with E-state index in [1.54, 1.807) is 15.5 Å². The van der Waals surface area contributed by atoms with Crippen LogP contribution < -0.4 is 15.0 Å². The number of unbranched alkanes of at least 4 members (excludes halogenated alkanes) is 1. The van der Waals surface area contributed by atoms with Gasteiger partial charge in [-0.1, -0.05) is 43.3 Å². The average Bonchev–Trinajstić information content (AvgIpc) is 2.85. The summed E-state index contributed by atoms with van der Waals surface area (Å²) in [6.07, 6.45) is 1.86. The van der Waals surface area contributed by atoms with Crippen LogP contribution in [0.15, 0.2) is 52.4 Å². The zero-order valence-electron chi connectivity index (χ0n) is 19.1. The number of thioether (sulfide) groups is 1. The van der Waals surface area contributed by atoms with Gasteiger partial charge in [-0.15, -0.1) is 0 Å². The average molecular weight is 468 g/mol. The first kappa shape index (κ1) is 23.2. The van der Waals surface area contributed by atoms with Crippen molar-refractivity contribution in [2.75, 3.05) is 25.5 Å². The van der Waals surface area contributed by atoms with Gasteiger partial charge in [-0.3, -0.25) is 14.2 Å². The Bertz CT molecular complexity index is 1190. The van der Waals surface area contributed by atoms with Crippen LogP contribution in [-0.4, -0.2) is 45.9 Å². The first-order chi connectivity index (χ1) is 16.1. The van der Waals surface area contributed by atoms with E-state index in [1.807, 2.05) is 43.3 Å². The summed E-state index contributed by atoms with van der Waals surface area (Å²) in [6, 6.07) is 13.2. The van der Waals surface area contributed by atoms with Crippen LogP contribution >= 0.6 is 11.8 Å². The molecule has 0 unspecified atom stereocenters. The minimum Gasteiger partial charge on any atom is -0.486 e. The van der Waals surface area contributed by atoms with E-state index in [9.17, 15) is 9.59 Å². The Kier molecular flexibility index (Phi) is 7.54. The Balaban J connectivity index is 1.49. The number of benzene rings is 2. The molecular weight excluding hydrogens is 438 g/mol. The zero-order valence-corrected chi connectivity index (χ0v) is 19.9. The first-order valence-electron chi connectivity index (χ1n) is 11.4. The predicted octanol–water partition coefficient (Wildman–Crippen LogP) is 4.11. The maximum absolute atomic E-state index is 13.0. The van der Waals surface area contributed by atoms with Crippen LogP contribution in [-0.2, 0) is 17.9 Å². The van der Waals surface area contributed by atoms with Crippen LogP contribution in [0.2, 0.25) is 0 Å². The van der Waals surface area contributed by atoms with Crippen LogP contribution in [0.3, 0.4) is 0 Å². The number of hydrogen-bond acceptors (Lipinski definition) is 6. The zero-order chi connectivity index (χ0) is 23.2. The van der Waals surface area contributed by atoms with Crippen molar-refractivity contribution >= 4 is 28.6 Å². The fraction of sp³-hybridized carbons (Fsp3) is 0.400. The van der Waals surface area contributed by atoms with Crippen molar-refractivity contribution in [3.8, 4) is 11.5 Å². The molecule has 3 aromatic rings. The third-order valence-corrected chi connectivity index (χ3v) is 6.56. The number of nitrogens with zero attached hydrogens (tertiary/aromatic N) is 3. The molecule has 7 nitrogen and oxygen atoms in total. The van der Waals surface area contributed by atoms with Crippen molar-refractivity contribution in [2.24, 2.45) is 0 Å². The van der Waals surface area contributed by atoms with Crippen LogP contribution in [0.25, 0.3) is 10.9 Å². The van der Waals surface area contributed by atoms with E-state index in [4.69, 9.17) is 14.5 Å². The second kappa shape index (κ2) is 10.7. The number of fused-ring (bicyclic) bond motifs is 2. The number of carbonyl (C=O) groups excluding carboxylic acids is 1. The van der Waals surface area contributed by atoms with Gasteiger partial charge in [0.25, 0.3) is 5.56 Å². The van der Waals surface area contributed by atoms with Gasteiger partial charge < -0.3 is 14.4 Å². The Labute approximate surface area is 197 Å². The molecular formula is C25H29N3O4S. The van der Waals surface area contributed by atoms with Crippen molar-refractivity contribution < 1.29 is 14.3 Å². The fourth-order valence-corrected chi connectivity index (χ4v) is 4.70. The molecule has 0 saturated heterocycles. The molecule has 0 radical (unpaired) electrons. The summed E-state index contributed by atoms with van der Waals surface area (Å²) >= 11 is 1.33. The quantitative estimate of drug-likeness (QED) is 0.348. The first-order valence-corrected chi connectivity index (χ1v) is 12.4. The Morgan fingerprint density at radius 3 is 2.70 bits per heavy atom. The van der Waals surface area contributed by atoms with Gasteiger partial charge in [0.05, 0.1) is 16.7 Å². The van der Waals surface area contributed by atoms with E-state index < -0.39 is 0 Å². The minimum atomic E-state index is -0.0485. The van der Waals surface area contributed by atoms with Crippen LogP contribution in [0.1, 0.15) is 32.3 Å². The van der Waals surface area contributed by atoms with Gasteiger partial charge in [-0.2, -0.15) is 0 Å². The van der Waals surface area contributed by atoms with E-state index in [0.29, 0.717) is 48.9 Å². The Morgan fingerprint density at radius 1 is 1.12 bits per heavy atom. The lowest BCUT2D eigenvalue weighted by atomic mass is 10.2. The van der Waals surface area contributed by atoms with E-state index in [-0.39, 0.29) is 17.2 Å². The lowest BCUT2D eigenvalue weighted by Gasteiger charge is -2.23. The van der Waals surface area contributed by atoms with Gasteiger partial charge in [0.1, 0.15) is 13.2 Å². The van der Waals surface area contributed by atoms with Gasteiger partial charge in [-0.05, 0) is 43.2 Å². The Morgan fingerprint density at radius 2 is 1.91 bits per heavy atom. The molecule has 1 aliphatic rings. The smallest absolute Gasteiger partial charge is 0.262 e. The summed E-state index contributed by atoms with van der Waals surface area (Å²) in [6.45, 7) is 6.80. The van der Waals surface area contributed by atoms with Crippen molar-refractivity contribution in [3.63, 3.8) is 0 Å². The number of hydrogen-bond donors (Lipinski definition) is 0. The van der Waals surface area contributed by atoms with Gasteiger partial charge in [0, 0.05) is 19.6 Å². The predicted molar refractivity (Wildman–Crippen MR) is 130 cm³/mol. The molecule has 0 fully saturated rings. The summed E-state index contributed by atoms with van der Waals surface area (Å²) in [5, 5.41) is 1.20. The van der Waals surface area contributed by atoms with E-state index in [2.05, 4.69) is 6.92 Å². The molecule has 0 N–H and O–H groups in total. The van der Waals surface area contributed by atoms with Crippen molar-refractivity contribution in [1.29, 1.82) is 0 Å². The molecule has 174 valence electrons. The van der Waals surface area contributed by atoms with Crippen molar-refractivity contribution in [2.45, 2.75) is 44.9 Å². The van der Waals surface area contributed by atoms with Gasteiger partial charge in [0.15, 0.2) is 16.7 Å². The van der Waals surface area contributed by atoms with Crippen LogP contribution in [0, 0.1) is 0 Å². The molecule has 0 aliphatic carbocycles. The molecule has 8 heteroatoms. The minimum absolute atomic E-state index is 0.00170. The molecule has 33 heavy (non-hydrogen) atoms. The lowest BCUT2D eigenvalue weighted by molar-refractivity contribution is -0.128. The second-order valence-electron chi connectivity index (χ2n) is 7.90. The van der Waals surface area contributed by atoms with Crippen LogP contribution in [0.5, 0.6) is 11.5 Å². The maximum atomic E-state index is 13.0. The van der Waals surface area contributed by atoms with Gasteiger partial charge in [-0.25, -0.2) is 4.98 Å². The molecule has 1 aliphatic heterocycles. The standard InChI is InChI=1S/C25H29N3O4S/c1-3-5-12-28-24(30)19-8-6-7-9-20(19)26-25(28)33-17-23(29)27(4-2)16-18-10-11-21-22(15-18)32-14-13-31-21/h6-11,15H,3-5,12-14,16-17H2,1-2H3. The molecule has 1 aromatic heterocycles. The molecule has 1 amide bonds. The van der Waals surface area contributed by atoms with Gasteiger partial charge >= 0.3 is 0 Å². The van der Waals surface area contributed by atoms with Crippen LogP contribution in [0.4, 0.5) is 0 Å². The van der Waals surface area contributed by atoms with Crippen molar-refractivity contribution in [3.05, 3.63) is 58.4 Å². The highest BCUT2D eigenvalue weighted by atomic mass is 32.2. The highest BCUT2D eigenvalue weighted by Gasteiger charge is 2.18. The molecule has 2 aromatic carbocycles. The summed E-state index contributed by atoms with van der Waals surface area (Å²) in [4.78, 5) is 32.6. The highest BCUT2D eigenvalue weighted by Crippen LogP contribution is 2.31. The number of ether oxygens (including phenoxy) is 2. The summed E-state index contributed by atoms with van der Waals surface area (Å²) in [5.41, 5.74) is 1.60. The third kappa shape index (κ3) is 5.33.